The Hall–Kier alpha value is -2.56. The molecule has 2 aromatic rings. The molecule has 2 aromatic carbocycles. The predicted octanol–water partition coefficient (Wildman–Crippen LogP) is 4.57. The lowest BCUT2D eigenvalue weighted by atomic mass is 10.2. The summed E-state index contributed by atoms with van der Waals surface area (Å²) in [6.45, 7) is 5.51. The van der Waals surface area contributed by atoms with Crippen molar-refractivity contribution in [1.82, 2.24) is 0 Å². The molecular formula is C17H19FN2O2. The van der Waals surface area contributed by atoms with Crippen LogP contribution in [0.3, 0.4) is 0 Å². The second-order valence-corrected chi connectivity index (χ2v) is 5.24. The minimum absolute atomic E-state index is 0.0614. The van der Waals surface area contributed by atoms with Crippen LogP contribution in [0.5, 0.6) is 5.75 Å². The SMILES string of the molecule is Cc1cc(NC(=O)Nc2cccc(OC(C)C)c2)ccc1F. The lowest BCUT2D eigenvalue weighted by Gasteiger charge is -2.12. The van der Waals surface area contributed by atoms with Crippen molar-refractivity contribution in [2.45, 2.75) is 26.9 Å². The van der Waals surface area contributed by atoms with Crippen LogP contribution in [-0.2, 0) is 0 Å². The number of carbonyl (C=O) groups excluding carboxylic acids is 1. The molecule has 0 bridgehead atoms. The number of amides is 2. The zero-order valence-electron chi connectivity index (χ0n) is 12.8. The molecule has 4 nitrogen and oxygen atoms in total. The number of ether oxygens (including phenoxy) is 1. The van der Waals surface area contributed by atoms with Gasteiger partial charge >= 0.3 is 6.03 Å². The fourth-order valence-corrected chi connectivity index (χ4v) is 1.94. The van der Waals surface area contributed by atoms with Crippen molar-refractivity contribution in [3.05, 3.63) is 53.8 Å². The molecule has 2 rings (SSSR count). The average molecular weight is 302 g/mol. The Labute approximate surface area is 129 Å². The van der Waals surface area contributed by atoms with Crippen LogP contribution in [0, 0.1) is 12.7 Å². The van der Waals surface area contributed by atoms with Crippen molar-refractivity contribution in [3.63, 3.8) is 0 Å². The molecule has 0 fully saturated rings. The molecular weight excluding hydrogens is 283 g/mol. The second kappa shape index (κ2) is 6.93. The molecule has 0 atom stereocenters. The van der Waals surface area contributed by atoms with Crippen LogP contribution in [0.4, 0.5) is 20.6 Å². The standard InChI is InChI=1S/C17H19FN2O2/c1-11(2)22-15-6-4-5-13(10-15)19-17(21)20-14-7-8-16(18)12(3)9-14/h4-11H,1-3H3,(H2,19,20,21). The highest BCUT2D eigenvalue weighted by atomic mass is 19.1. The molecule has 2 N–H and O–H groups in total. The number of urea groups is 1. The third-order valence-electron chi connectivity index (χ3n) is 2.88. The number of anilines is 2. The van der Waals surface area contributed by atoms with Crippen LogP contribution in [0.15, 0.2) is 42.5 Å². The Bertz CT molecular complexity index is 671. The smallest absolute Gasteiger partial charge is 0.323 e. The summed E-state index contributed by atoms with van der Waals surface area (Å²) in [5.41, 5.74) is 1.63. The molecule has 0 unspecified atom stereocenters. The summed E-state index contributed by atoms with van der Waals surface area (Å²) in [6.07, 6.45) is 0.0614. The maximum absolute atomic E-state index is 13.2. The van der Waals surface area contributed by atoms with Gasteiger partial charge in [-0.3, -0.25) is 0 Å². The summed E-state index contributed by atoms with van der Waals surface area (Å²) in [7, 11) is 0. The van der Waals surface area contributed by atoms with E-state index in [0.717, 1.165) is 0 Å². The fraction of sp³-hybridized carbons (Fsp3) is 0.235. The number of halogens is 1. The average Bonchev–Trinajstić information content (AvgIpc) is 2.42. The van der Waals surface area contributed by atoms with Gasteiger partial charge in [-0.15, -0.1) is 0 Å². The van der Waals surface area contributed by atoms with E-state index in [1.807, 2.05) is 19.9 Å². The first-order valence-electron chi connectivity index (χ1n) is 7.05. The van der Waals surface area contributed by atoms with Gasteiger partial charge in [-0.05, 0) is 56.7 Å². The van der Waals surface area contributed by atoms with Crippen molar-refractivity contribution >= 4 is 17.4 Å². The van der Waals surface area contributed by atoms with Crippen LogP contribution in [0.25, 0.3) is 0 Å². The molecule has 0 aromatic heterocycles. The van der Waals surface area contributed by atoms with E-state index in [2.05, 4.69) is 10.6 Å². The van der Waals surface area contributed by atoms with E-state index in [4.69, 9.17) is 4.74 Å². The quantitative estimate of drug-likeness (QED) is 0.869. The van der Waals surface area contributed by atoms with Crippen molar-refractivity contribution in [1.29, 1.82) is 0 Å². The molecule has 116 valence electrons. The normalized spacial score (nSPS) is 10.4. The van der Waals surface area contributed by atoms with Crippen LogP contribution in [-0.4, -0.2) is 12.1 Å². The predicted molar refractivity (Wildman–Crippen MR) is 86.0 cm³/mol. The summed E-state index contributed by atoms with van der Waals surface area (Å²) >= 11 is 0. The highest BCUT2D eigenvalue weighted by Gasteiger charge is 2.06. The highest BCUT2D eigenvalue weighted by molar-refractivity contribution is 5.99. The number of rotatable bonds is 4. The second-order valence-electron chi connectivity index (χ2n) is 5.24. The van der Waals surface area contributed by atoms with E-state index in [-0.39, 0.29) is 11.9 Å². The van der Waals surface area contributed by atoms with E-state index < -0.39 is 6.03 Å². The highest BCUT2D eigenvalue weighted by Crippen LogP contribution is 2.19. The Morgan fingerprint density at radius 2 is 1.77 bits per heavy atom. The maximum Gasteiger partial charge on any atom is 0.323 e. The molecule has 0 radical (unpaired) electrons. The molecule has 0 aliphatic rings. The number of benzene rings is 2. The van der Waals surface area contributed by atoms with Crippen LogP contribution in [0.2, 0.25) is 0 Å². The first-order valence-corrected chi connectivity index (χ1v) is 7.05. The molecule has 5 heteroatoms. The monoisotopic (exact) mass is 302 g/mol. The van der Waals surface area contributed by atoms with Gasteiger partial charge in [0, 0.05) is 17.4 Å². The molecule has 0 saturated carbocycles. The first-order chi connectivity index (χ1) is 10.4. The summed E-state index contributed by atoms with van der Waals surface area (Å²) in [6, 6.07) is 11.2. The van der Waals surface area contributed by atoms with Gasteiger partial charge < -0.3 is 15.4 Å². The minimum Gasteiger partial charge on any atom is -0.491 e. The molecule has 2 amide bonds. The number of aryl methyl sites for hydroxylation is 1. The van der Waals surface area contributed by atoms with Gasteiger partial charge in [0.2, 0.25) is 0 Å². The van der Waals surface area contributed by atoms with Gasteiger partial charge in [0.15, 0.2) is 0 Å². The van der Waals surface area contributed by atoms with Crippen molar-refractivity contribution < 1.29 is 13.9 Å². The Morgan fingerprint density at radius 1 is 1.09 bits per heavy atom. The number of carbonyl (C=O) groups is 1. The number of nitrogens with one attached hydrogen (secondary N) is 2. The molecule has 0 heterocycles. The lowest BCUT2D eigenvalue weighted by Crippen LogP contribution is -2.19. The number of hydrogen-bond acceptors (Lipinski definition) is 2. The first kappa shape index (κ1) is 15.8. The van der Waals surface area contributed by atoms with Crippen LogP contribution in [0.1, 0.15) is 19.4 Å². The fourth-order valence-electron chi connectivity index (χ4n) is 1.94. The summed E-state index contributed by atoms with van der Waals surface area (Å²) in [4.78, 5) is 12.0. The lowest BCUT2D eigenvalue weighted by molar-refractivity contribution is 0.242. The van der Waals surface area contributed by atoms with Gasteiger partial charge in [-0.1, -0.05) is 6.07 Å². The van der Waals surface area contributed by atoms with Crippen LogP contribution >= 0.6 is 0 Å². The van der Waals surface area contributed by atoms with Gasteiger partial charge in [0.25, 0.3) is 0 Å². The van der Waals surface area contributed by atoms with Gasteiger partial charge in [-0.25, -0.2) is 9.18 Å². The van der Waals surface area contributed by atoms with E-state index >= 15 is 0 Å². The zero-order chi connectivity index (χ0) is 16.1. The topological polar surface area (TPSA) is 50.4 Å². The summed E-state index contributed by atoms with van der Waals surface area (Å²) in [5.74, 6) is 0.384. The molecule has 0 saturated heterocycles. The van der Waals surface area contributed by atoms with Gasteiger partial charge in [-0.2, -0.15) is 0 Å². The molecule has 0 aliphatic heterocycles. The molecule has 0 spiro atoms. The number of hydrogen-bond donors (Lipinski definition) is 2. The van der Waals surface area contributed by atoms with Gasteiger partial charge in [0.1, 0.15) is 11.6 Å². The largest absolute Gasteiger partial charge is 0.491 e. The maximum atomic E-state index is 13.2. The Balaban J connectivity index is 2.01. The van der Waals surface area contributed by atoms with Crippen molar-refractivity contribution in [3.8, 4) is 5.75 Å². The molecule has 0 aliphatic carbocycles. The Morgan fingerprint density at radius 3 is 2.41 bits per heavy atom. The minimum atomic E-state index is -0.396. The van der Waals surface area contributed by atoms with Crippen molar-refractivity contribution in [2.24, 2.45) is 0 Å². The van der Waals surface area contributed by atoms with E-state index in [0.29, 0.717) is 22.7 Å². The van der Waals surface area contributed by atoms with Crippen LogP contribution < -0.4 is 15.4 Å². The third-order valence-corrected chi connectivity index (χ3v) is 2.88. The summed E-state index contributed by atoms with van der Waals surface area (Å²) < 4.78 is 18.8. The third kappa shape index (κ3) is 4.48. The zero-order valence-corrected chi connectivity index (χ0v) is 12.8. The Kier molecular flexibility index (Phi) is 4.99. The van der Waals surface area contributed by atoms with Crippen molar-refractivity contribution in [2.75, 3.05) is 10.6 Å². The van der Waals surface area contributed by atoms with E-state index in [1.165, 1.54) is 12.1 Å². The summed E-state index contributed by atoms with van der Waals surface area (Å²) in [5, 5.41) is 5.38. The van der Waals surface area contributed by atoms with Gasteiger partial charge in [0.05, 0.1) is 6.10 Å². The van der Waals surface area contributed by atoms with E-state index in [1.54, 1.807) is 31.2 Å². The van der Waals surface area contributed by atoms with E-state index in [9.17, 15) is 9.18 Å². The molecule has 22 heavy (non-hydrogen) atoms.